The maximum atomic E-state index is 14.1. The lowest BCUT2D eigenvalue weighted by Crippen LogP contribution is -2.47. The number of nitrogens with one attached hydrogen (secondary N) is 2. The molecule has 0 aromatic carbocycles. The average Bonchev–Trinajstić information content (AvgIpc) is 3.62. The third-order valence-electron chi connectivity index (χ3n) is 9.24. The fourth-order valence-electron chi connectivity index (χ4n) is 6.66. The van der Waals surface area contributed by atoms with Crippen LogP contribution >= 0.6 is 0 Å². The number of rotatable bonds is 7. The number of ether oxygens (including phenoxy) is 1. The summed E-state index contributed by atoms with van der Waals surface area (Å²) >= 11 is 0. The number of alkyl halides is 5. The second-order valence-electron chi connectivity index (χ2n) is 12.4. The van der Waals surface area contributed by atoms with Crippen LogP contribution in [0.1, 0.15) is 84.5 Å². The van der Waals surface area contributed by atoms with Gasteiger partial charge in [-0.3, -0.25) is 14.3 Å². The van der Waals surface area contributed by atoms with Crippen molar-refractivity contribution in [2.24, 2.45) is 24.8 Å². The second kappa shape index (κ2) is 12.2. The summed E-state index contributed by atoms with van der Waals surface area (Å²) in [5.74, 6) is -6.67. The Labute approximate surface area is 255 Å². The molecule has 1 unspecified atom stereocenters. The quantitative estimate of drug-likeness (QED) is 0.376. The van der Waals surface area contributed by atoms with Crippen molar-refractivity contribution in [3.8, 4) is 0 Å². The molecular weight excluding hydrogens is 603 g/mol. The molecule has 5 heterocycles. The van der Waals surface area contributed by atoms with Crippen molar-refractivity contribution in [1.82, 2.24) is 40.0 Å². The zero-order valence-corrected chi connectivity index (χ0v) is 24.7. The molecule has 3 fully saturated rings. The van der Waals surface area contributed by atoms with Crippen LogP contribution in [0.25, 0.3) is 5.78 Å². The van der Waals surface area contributed by atoms with Gasteiger partial charge in [-0.05, 0) is 44.1 Å². The van der Waals surface area contributed by atoms with E-state index in [1.807, 2.05) is 0 Å². The van der Waals surface area contributed by atoms with Gasteiger partial charge < -0.3 is 15.4 Å². The number of hydrogen-bond acceptors (Lipinski definition) is 7. The van der Waals surface area contributed by atoms with Crippen LogP contribution in [0.4, 0.5) is 22.0 Å². The summed E-state index contributed by atoms with van der Waals surface area (Å²) in [5, 5.41) is 14.1. The average molecular weight is 639 g/mol. The largest absolute Gasteiger partial charge is 0.393 e. The molecule has 4 atom stereocenters. The summed E-state index contributed by atoms with van der Waals surface area (Å²) in [5.41, 5.74) is 1.54. The summed E-state index contributed by atoms with van der Waals surface area (Å²) in [6.07, 6.45) is -0.680. The Balaban J connectivity index is 1.35. The number of aryl methyl sites for hydroxylation is 1. The van der Waals surface area contributed by atoms with Crippen molar-refractivity contribution in [2.75, 3.05) is 19.8 Å². The topological polar surface area (TPSA) is 128 Å². The van der Waals surface area contributed by atoms with Crippen LogP contribution in [0.3, 0.4) is 0 Å². The molecule has 16 heteroatoms. The van der Waals surface area contributed by atoms with Crippen molar-refractivity contribution in [2.45, 2.75) is 75.4 Å². The highest BCUT2D eigenvalue weighted by Crippen LogP contribution is 2.42. The number of hydrogen-bond donors (Lipinski definition) is 2. The van der Waals surface area contributed by atoms with Crippen LogP contribution in [0.2, 0.25) is 0 Å². The van der Waals surface area contributed by atoms with Crippen molar-refractivity contribution in [1.29, 1.82) is 0 Å². The molecule has 2 N–H and O–H groups in total. The van der Waals surface area contributed by atoms with Gasteiger partial charge in [-0.1, -0.05) is 0 Å². The van der Waals surface area contributed by atoms with Gasteiger partial charge in [0.05, 0.1) is 41.8 Å². The van der Waals surface area contributed by atoms with Gasteiger partial charge >= 0.3 is 6.18 Å². The minimum absolute atomic E-state index is 0.0565. The van der Waals surface area contributed by atoms with E-state index in [1.54, 1.807) is 19.3 Å². The van der Waals surface area contributed by atoms with Gasteiger partial charge in [-0.25, -0.2) is 23.3 Å². The van der Waals surface area contributed by atoms with Gasteiger partial charge in [0.25, 0.3) is 11.7 Å². The van der Waals surface area contributed by atoms with Crippen molar-refractivity contribution in [3.63, 3.8) is 0 Å². The molecular formula is C29H35F5N8O3. The maximum absolute atomic E-state index is 14.1. The zero-order chi connectivity index (χ0) is 31.9. The molecule has 2 aliphatic heterocycles. The molecule has 2 saturated heterocycles. The van der Waals surface area contributed by atoms with E-state index in [1.165, 1.54) is 15.4 Å². The molecule has 1 aliphatic carbocycles. The smallest absolute Gasteiger partial charge is 0.381 e. The highest BCUT2D eigenvalue weighted by Gasteiger charge is 2.45. The number of halogens is 5. The van der Waals surface area contributed by atoms with E-state index in [2.05, 4.69) is 20.7 Å². The standard InChI is InChI=1S/C29H35F5N8O3/c1-41-22(6-9-36-41)26(44)38-23(16-4-7-28(30,31)8-5-16)21-14-42-27(37-21)39-24(17-3-2-10-45-15-17)20(40-42)12-18-11-19(29(32,33)34)13-35-25(18)43/h6,9,14,16-19,23H,2-5,7-8,10-13,15H2,1H3,(H,35,43)(H,38,44)/t17?,18-,19-,23+/m1/s1. The Morgan fingerprint density at radius 1 is 1.22 bits per heavy atom. The van der Waals surface area contributed by atoms with E-state index >= 15 is 0 Å². The molecule has 0 bridgehead atoms. The number of aromatic nitrogens is 6. The maximum Gasteiger partial charge on any atom is 0.393 e. The number of nitrogens with zero attached hydrogens (tertiary/aromatic N) is 6. The fraction of sp³-hybridized carbons (Fsp3) is 0.655. The van der Waals surface area contributed by atoms with Gasteiger partial charge in [-0.2, -0.15) is 23.4 Å². The van der Waals surface area contributed by atoms with E-state index in [-0.39, 0.29) is 61.8 Å². The lowest BCUT2D eigenvalue weighted by Gasteiger charge is -2.33. The third kappa shape index (κ3) is 6.79. The number of amides is 2. The summed E-state index contributed by atoms with van der Waals surface area (Å²) < 4.78 is 77.3. The van der Waals surface area contributed by atoms with Crippen LogP contribution in [0.15, 0.2) is 18.5 Å². The number of fused-ring (bicyclic) bond motifs is 1. The first-order valence-electron chi connectivity index (χ1n) is 15.2. The number of imidazole rings is 1. The predicted molar refractivity (Wildman–Crippen MR) is 148 cm³/mol. The van der Waals surface area contributed by atoms with Gasteiger partial charge in [0.15, 0.2) is 0 Å². The first-order chi connectivity index (χ1) is 21.4. The molecule has 1 saturated carbocycles. The Hall–Kier alpha value is -3.69. The Morgan fingerprint density at radius 2 is 2.00 bits per heavy atom. The summed E-state index contributed by atoms with van der Waals surface area (Å²) in [6, 6.07) is 0.803. The number of piperidine rings is 1. The van der Waals surface area contributed by atoms with Gasteiger partial charge in [0.1, 0.15) is 5.69 Å². The molecule has 3 aromatic rings. The first kappa shape index (κ1) is 31.3. The summed E-state index contributed by atoms with van der Waals surface area (Å²) in [6.45, 7) is 0.454. The highest BCUT2D eigenvalue weighted by atomic mass is 19.4. The molecule has 244 valence electrons. The highest BCUT2D eigenvalue weighted by molar-refractivity contribution is 5.92. The molecule has 45 heavy (non-hydrogen) atoms. The fourth-order valence-corrected chi connectivity index (χ4v) is 6.66. The predicted octanol–water partition coefficient (Wildman–Crippen LogP) is 3.91. The molecule has 3 aliphatic rings. The molecule has 0 radical (unpaired) electrons. The lowest BCUT2D eigenvalue weighted by atomic mass is 9.81. The zero-order valence-electron chi connectivity index (χ0n) is 24.7. The molecule has 0 spiro atoms. The van der Waals surface area contributed by atoms with Gasteiger partial charge in [0, 0.05) is 57.5 Å². The third-order valence-corrected chi connectivity index (χ3v) is 9.24. The van der Waals surface area contributed by atoms with Crippen molar-refractivity contribution >= 4 is 17.6 Å². The Morgan fingerprint density at radius 3 is 2.67 bits per heavy atom. The Kier molecular flexibility index (Phi) is 8.52. The van der Waals surface area contributed by atoms with E-state index in [0.717, 1.165) is 6.42 Å². The molecule has 6 rings (SSSR count). The van der Waals surface area contributed by atoms with E-state index in [9.17, 15) is 31.5 Å². The summed E-state index contributed by atoms with van der Waals surface area (Å²) in [7, 11) is 1.62. The lowest BCUT2D eigenvalue weighted by molar-refractivity contribution is -0.183. The number of carbonyl (C=O) groups is 2. The van der Waals surface area contributed by atoms with Gasteiger partial charge in [0.2, 0.25) is 11.8 Å². The van der Waals surface area contributed by atoms with Gasteiger partial charge in [-0.15, -0.1) is 0 Å². The summed E-state index contributed by atoms with van der Waals surface area (Å²) in [4.78, 5) is 35.4. The van der Waals surface area contributed by atoms with Crippen LogP contribution in [0, 0.1) is 17.8 Å². The molecule has 2 amide bonds. The van der Waals surface area contributed by atoms with Crippen LogP contribution in [-0.4, -0.2) is 73.0 Å². The van der Waals surface area contributed by atoms with Crippen molar-refractivity contribution in [3.05, 3.63) is 41.2 Å². The van der Waals surface area contributed by atoms with Crippen LogP contribution < -0.4 is 10.6 Å². The molecule has 11 nitrogen and oxygen atoms in total. The van der Waals surface area contributed by atoms with E-state index in [4.69, 9.17) is 14.8 Å². The minimum Gasteiger partial charge on any atom is -0.381 e. The minimum atomic E-state index is -4.45. The van der Waals surface area contributed by atoms with Crippen LogP contribution in [0.5, 0.6) is 0 Å². The monoisotopic (exact) mass is 638 g/mol. The van der Waals surface area contributed by atoms with Crippen LogP contribution in [-0.2, 0) is 23.0 Å². The Bertz CT molecular complexity index is 1540. The first-order valence-corrected chi connectivity index (χ1v) is 15.2. The number of carbonyl (C=O) groups excluding carboxylic acids is 2. The van der Waals surface area contributed by atoms with E-state index in [0.29, 0.717) is 36.7 Å². The molecule has 3 aromatic heterocycles. The van der Waals surface area contributed by atoms with E-state index < -0.39 is 48.3 Å². The SMILES string of the molecule is Cn1nccc1C(=O)N[C@H](c1cn2nc(C[C@H]3C[C@@H](C(F)(F)F)CNC3=O)c(C3CCCOC3)nc2n1)C1CCC(F)(F)CC1. The normalized spacial score (nSPS) is 25.2. The van der Waals surface area contributed by atoms with Crippen molar-refractivity contribution < 1.29 is 36.3 Å². The second-order valence-corrected chi connectivity index (χ2v) is 12.4.